The van der Waals surface area contributed by atoms with Gasteiger partial charge in [-0.05, 0) is 50.2 Å². The maximum absolute atomic E-state index is 12.7. The number of benzene rings is 2. The zero-order chi connectivity index (χ0) is 19.1. The van der Waals surface area contributed by atoms with Gasteiger partial charge in [0.1, 0.15) is 0 Å². The molecule has 0 saturated carbocycles. The van der Waals surface area contributed by atoms with Crippen LogP contribution in [-0.4, -0.2) is 21.0 Å². The lowest BCUT2D eigenvalue weighted by molar-refractivity contribution is 0.0996. The number of amides is 1. The molecule has 1 amide bonds. The molecule has 0 spiro atoms. The third-order valence-electron chi connectivity index (χ3n) is 4.28. The van der Waals surface area contributed by atoms with Gasteiger partial charge in [-0.2, -0.15) is 0 Å². The third kappa shape index (κ3) is 3.15. The Hall–Kier alpha value is -3.25. The van der Waals surface area contributed by atoms with E-state index in [1.807, 2.05) is 32.0 Å². The van der Waals surface area contributed by atoms with Gasteiger partial charge in [-0.15, -0.1) is 10.2 Å². The molecule has 0 aliphatic heterocycles. The van der Waals surface area contributed by atoms with E-state index >= 15 is 0 Å². The Morgan fingerprint density at radius 2 is 1.93 bits per heavy atom. The molecule has 4 aromatic rings. The Morgan fingerprint density at radius 3 is 2.74 bits per heavy atom. The van der Waals surface area contributed by atoms with Crippen molar-refractivity contribution in [1.82, 2.24) is 9.97 Å². The van der Waals surface area contributed by atoms with Crippen LogP contribution in [0.3, 0.4) is 0 Å². The van der Waals surface area contributed by atoms with Gasteiger partial charge in [0.2, 0.25) is 5.88 Å². The predicted molar refractivity (Wildman–Crippen MR) is 105 cm³/mol. The minimum atomic E-state index is -0.508. The highest BCUT2D eigenvalue weighted by atomic mass is 35.5. The molecule has 0 bridgehead atoms. The lowest BCUT2D eigenvalue weighted by atomic mass is 10.1. The quantitative estimate of drug-likeness (QED) is 0.444. The van der Waals surface area contributed by atoms with Gasteiger partial charge in [0.15, 0.2) is 5.69 Å². The van der Waals surface area contributed by atoms with Crippen molar-refractivity contribution in [1.29, 1.82) is 0 Å². The molecule has 2 aromatic carbocycles. The Labute approximate surface area is 159 Å². The van der Waals surface area contributed by atoms with Crippen LogP contribution >= 0.6 is 11.6 Å². The number of nitrogens with one attached hydrogen (secondary N) is 1. The number of aromatic amines is 1. The van der Waals surface area contributed by atoms with Gasteiger partial charge in [-0.1, -0.05) is 23.2 Å². The first kappa shape index (κ1) is 17.2. The van der Waals surface area contributed by atoms with E-state index in [9.17, 15) is 9.90 Å². The summed E-state index contributed by atoms with van der Waals surface area (Å²) >= 11 is 6.01. The van der Waals surface area contributed by atoms with Crippen molar-refractivity contribution in [2.45, 2.75) is 13.8 Å². The van der Waals surface area contributed by atoms with E-state index < -0.39 is 5.91 Å². The first-order valence-corrected chi connectivity index (χ1v) is 8.64. The monoisotopic (exact) mass is 378 g/mol. The standard InChI is InChI=1S/C20H15ClN4O2/c1-10-3-5-16-13(7-10)14(8-11(2)22-16)19(26)25-24-18-15-9-12(21)4-6-17(15)23-20(18)27/h3-9,23,27H,1-2H3. The zero-order valence-electron chi connectivity index (χ0n) is 14.6. The first-order chi connectivity index (χ1) is 12.9. The fourth-order valence-electron chi connectivity index (χ4n) is 3.04. The molecule has 0 fully saturated rings. The molecular formula is C20H15ClN4O2. The Balaban J connectivity index is 1.79. The second-order valence-corrected chi connectivity index (χ2v) is 6.79. The number of nitrogens with zero attached hydrogens (tertiary/aromatic N) is 3. The minimum absolute atomic E-state index is 0.171. The third-order valence-corrected chi connectivity index (χ3v) is 4.51. The van der Waals surface area contributed by atoms with Gasteiger partial charge in [0.05, 0.1) is 16.6 Å². The van der Waals surface area contributed by atoms with Crippen LogP contribution in [0.2, 0.25) is 5.02 Å². The molecular weight excluding hydrogens is 364 g/mol. The molecule has 7 heteroatoms. The molecule has 134 valence electrons. The molecule has 0 saturated heterocycles. The number of aryl methyl sites for hydroxylation is 2. The summed E-state index contributed by atoms with van der Waals surface area (Å²) < 4.78 is 0. The topological polar surface area (TPSA) is 90.7 Å². The highest BCUT2D eigenvalue weighted by Gasteiger charge is 2.14. The Morgan fingerprint density at radius 1 is 1.11 bits per heavy atom. The van der Waals surface area contributed by atoms with E-state index in [0.717, 1.165) is 16.5 Å². The fourth-order valence-corrected chi connectivity index (χ4v) is 3.21. The van der Waals surface area contributed by atoms with Gasteiger partial charge in [0, 0.05) is 21.5 Å². The molecule has 0 aliphatic carbocycles. The Bertz CT molecular complexity index is 1240. The van der Waals surface area contributed by atoms with Gasteiger partial charge >= 0.3 is 0 Å². The van der Waals surface area contributed by atoms with E-state index in [1.165, 1.54) is 0 Å². The summed E-state index contributed by atoms with van der Waals surface area (Å²) in [4.78, 5) is 20.0. The normalized spacial score (nSPS) is 11.7. The van der Waals surface area contributed by atoms with E-state index in [1.54, 1.807) is 24.3 Å². The van der Waals surface area contributed by atoms with Crippen LogP contribution in [0, 0.1) is 13.8 Å². The van der Waals surface area contributed by atoms with E-state index in [-0.39, 0.29) is 11.6 Å². The number of hydrogen-bond donors (Lipinski definition) is 2. The number of rotatable bonds is 2. The zero-order valence-corrected chi connectivity index (χ0v) is 15.4. The largest absolute Gasteiger partial charge is 0.493 e. The summed E-state index contributed by atoms with van der Waals surface area (Å²) in [5.41, 5.74) is 3.70. The molecule has 2 heterocycles. The van der Waals surface area contributed by atoms with E-state index in [4.69, 9.17) is 11.6 Å². The number of hydrogen-bond acceptors (Lipinski definition) is 4. The lowest BCUT2D eigenvalue weighted by Gasteiger charge is -2.05. The second-order valence-electron chi connectivity index (χ2n) is 6.35. The number of carbonyl (C=O) groups excluding carboxylic acids is 1. The van der Waals surface area contributed by atoms with Gasteiger partial charge in [-0.25, -0.2) is 0 Å². The average molecular weight is 379 g/mol. The van der Waals surface area contributed by atoms with Gasteiger partial charge in [-0.3, -0.25) is 9.78 Å². The Kier molecular flexibility index (Phi) is 4.12. The van der Waals surface area contributed by atoms with Gasteiger partial charge < -0.3 is 10.1 Å². The number of fused-ring (bicyclic) bond motifs is 2. The minimum Gasteiger partial charge on any atom is -0.493 e. The SMILES string of the molecule is Cc1ccc2nc(C)cc(C(=O)N=Nc3c(O)[nH]c4ccc(Cl)cc34)c2c1. The number of pyridine rings is 1. The van der Waals surface area contributed by atoms with Crippen molar-refractivity contribution in [3.8, 4) is 5.88 Å². The van der Waals surface area contributed by atoms with Crippen LogP contribution in [0.4, 0.5) is 5.69 Å². The van der Waals surface area contributed by atoms with Crippen molar-refractivity contribution < 1.29 is 9.90 Å². The summed E-state index contributed by atoms with van der Waals surface area (Å²) in [5.74, 6) is -0.678. The fraction of sp³-hybridized carbons (Fsp3) is 0.100. The van der Waals surface area contributed by atoms with Crippen LogP contribution < -0.4 is 0 Å². The number of halogens is 1. The lowest BCUT2D eigenvalue weighted by Crippen LogP contribution is -1.99. The van der Waals surface area contributed by atoms with Crippen molar-refractivity contribution in [2.75, 3.05) is 0 Å². The van der Waals surface area contributed by atoms with Crippen LogP contribution in [0.5, 0.6) is 5.88 Å². The van der Waals surface area contributed by atoms with Gasteiger partial charge in [0.25, 0.3) is 5.91 Å². The second kappa shape index (κ2) is 6.48. The van der Waals surface area contributed by atoms with E-state index in [0.29, 0.717) is 27.2 Å². The highest BCUT2D eigenvalue weighted by Crippen LogP contribution is 2.37. The van der Waals surface area contributed by atoms with Crippen molar-refractivity contribution in [2.24, 2.45) is 10.2 Å². The maximum Gasteiger partial charge on any atom is 0.296 e. The molecule has 0 aliphatic rings. The van der Waals surface area contributed by atoms with Crippen LogP contribution in [0.25, 0.3) is 21.8 Å². The van der Waals surface area contributed by atoms with Crippen LogP contribution in [0.1, 0.15) is 21.6 Å². The predicted octanol–water partition coefficient (Wildman–Crippen LogP) is 5.62. The number of aromatic hydroxyl groups is 1. The van der Waals surface area contributed by atoms with Crippen molar-refractivity contribution in [3.63, 3.8) is 0 Å². The molecule has 0 radical (unpaired) electrons. The highest BCUT2D eigenvalue weighted by molar-refractivity contribution is 6.31. The number of azo groups is 1. The molecule has 0 atom stereocenters. The molecule has 2 N–H and O–H groups in total. The maximum atomic E-state index is 12.7. The molecule has 27 heavy (non-hydrogen) atoms. The summed E-state index contributed by atoms with van der Waals surface area (Å²) in [7, 11) is 0. The molecule has 4 rings (SSSR count). The first-order valence-electron chi connectivity index (χ1n) is 8.26. The van der Waals surface area contributed by atoms with Crippen molar-refractivity contribution >= 4 is 45.0 Å². The summed E-state index contributed by atoms with van der Waals surface area (Å²) in [6.45, 7) is 3.77. The number of aromatic nitrogens is 2. The smallest absolute Gasteiger partial charge is 0.296 e. The average Bonchev–Trinajstić information content (AvgIpc) is 2.94. The van der Waals surface area contributed by atoms with E-state index in [2.05, 4.69) is 20.2 Å². The molecule has 2 aromatic heterocycles. The summed E-state index contributed by atoms with van der Waals surface area (Å²) in [5, 5.41) is 19.7. The summed E-state index contributed by atoms with van der Waals surface area (Å²) in [6.07, 6.45) is 0. The van der Waals surface area contributed by atoms with Crippen LogP contribution in [-0.2, 0) is 0 Å². The van der Waals surface area contributed by atoms with Crippen LogP contribution in [0.15, 0.2) is 52.7 Å². The van der Waals surface area contributed by atoms with Crippen molar-refractivity contribution in [3.05, 3.63) is 64.3 Å². The molecule has 6 nitrogen and oxygen atoms in total. The number of carbonyl (C=O) groups is 1. The number of H-pyrrole nitrogens is 1. The molecule has 0 unspecified atom stereocenters. The summed E-state index contributed by atoms with van der Waals surface area (Å²) in [6, 6.07) is 12.5.